The maximum absolute atomic E-state index is 10.8. The molecular weight excluding hydrogens is 258 g/mol. The van der Waals surface area contributed by atoms with Crippen LogP contribution in [0.25, 0.3) is 10.4 Å². The zero-order valence-corrected chi connectivity index (χ0v) is 10.0. The van der Waals surface area contributed by atoms with Crippen LogP contribution in [0.5, 0.6) is 0 Å². The van der Waals surface area contributed by atoms with Gasteiger partial charge in [-0.1, -0.05) is 17.7 Å². The van der Waals surface area contributed by atoms with E-state index in [1.54, 1.807) is 18.2 Å². The number of rotatable bonds is 2. The van der Waals surface area contributed by atoms with Gasteiger partial charge in [-0.3, -0.25) is 0 Å². The highest BCUT2D eigenvalue weighted by molar-refractivity contribution is 7.16. The number of carboxylic acid groups (broad SMARTS) is 1. The molecule has 3 nitrogen and oxygen atoms in total. The van der Waals surface area contributed by atoms with E-state index in [0.717, 1.165) is 10.4 Å². The summed E-state index contributed by atoms with van der Waals surface area (Å²) >= 11 is 7.34. The first-order valence-corrected chi connectivity index (χ1v) is 5.84. The van der Waals surface area contributed by atoms with Crippen molar-refractivity contribution < 1.29 is 9.90 Å². The molecule has 17 heavy (non-hydrogen) atoms. The Kier molecular flexibility index (Phi) is 3.14. The molecule has 0 fully saturated rings. The zero-order chi connectivity index (χ0) is 12.4. The molecule has 5 heteroatoms. The Morgan fingerprint density at radius 1 is 1.35 bits per heavy atom. The van der Waals surface area contributed by atoms with Crippen molar-refractivity contribution in [3.05, 3.63) is 45.8 Å². The summed E-state index contributed by atoms with van der Waals surface area (Å²) in [6.07, 6.45) is 0. The van der Waals surface area contributed by atoms with Crippen LogP contribution in [0, 0.1) is 11.3 Å². The molecule has 0 amide bonds. The summed E-state index contributed by atoms with van der Waals surface area (Å²) in [5.41, 5.74) is 0.888. The van der Waals surface area contributed by atoms with Gasteiger partial charge in [0, 0.05) is 10.4 Å². The topological polar surface area (TPSA) is 61.1 Å². The minimum absolute atomic E-state index is 0.149. The number of hydrogen-bond acceptors (Lipinski definition) is 3. The SMILES string of the molecule is N#Cc1ccc(-c2ccc(C(=O)O)cc2Cl)s1. The van der Waals surface area contributed by atoms with Gasteiger partial charge in [-0.25, -0.2) is 4.79 Å². The van der Waals surface area contributed by atoms with Gasteiger partial charge in [0.25, 0.3) is 0 Å². The maximum Gasteiger partial charge on any atom is 0.335 e. The van der Waals surface area contributed by atoms with Crippen LogP contribution in [-0.2, 0) is 0 Å². The van der Waals surface area contributed by atoms with Crippen molar-refractivity contribution in [3.8, 4) is 16.5 Å². The molecule has 0 saturated heterocycles. The monoisotopic (exact) mass is 263 g/mol. The third kappa shape index (κ3) is 2.31. The van der Waals surface area contributed by atoms with E-state index in [0.29, 0.717) is 9.90 Å². The van der Waals surface area contributed by atoms with E-state index in [2.05, 4.69) is 0 Å². The number of halogens is 1. The summed E-state index contributed by atoms with van der Waals surface area (Å²) in [6, 6.07) is 10.1. The highest BCUT2D eigenvalue weighted by Gasteiger charge is 2.10. The zero-order valence-electron chi connectivity index (χ0n) is 8.48. The van der Waals surface area contributed by atoms with E-state index in [1.807, 2.05) is 6.07 Å². The molecule has 1 aromatic heterocycles. The van der Waals surface area contributed by atoms with Crippen molar-refractivity contribution in [2.45, 2.75) is 0 Å². The summed E-state index contributed by atoms with van der Waals surface area (Å²) < 4.78 is 0. The predicted molar refractivity (Wildman–Crippen MR) is 66.4 cm³/mol. The first-order valence-electron chi connectivity index (χ1n) is 4.65. The van der Waals surface area contributed by atoms with Crippen molar-refractivity contribution in [3.63, 3.8) is 0 Å². The van der Waals surface area contributed by atoms with Gasteiger partial charge in [0.1, 0.15) is 10.9 Å². The fourth-order valence-electron chi connectivity index (χ4n) is 1.39. The molecule has 0 bridgehead atoms. The lowest BCUT2D eigenvalue weighted by Gasteiger charge is -2.02. The number of nitrogens with zero attached hydrogens (tertiary/aromatic N) is 1. The molecule has 2 rings (SSSR count). The first kappa shape index (κ1) is 11.6. The fraction of sp³-hybridized carbons (Fsp3) is 0. The molecule has 0 aliphatic heterocycles. The Labute approximate surface area is 107 Å². The van der Waals surface area contributed by atoms with E-state index >= 15 is 0 Å². The van der Waals surface area contributed by atoms with Crippen molar-refractivity contribution in [2.75, 3.05) is 0 Å². The molecule has 0 radical (unpaired) electrons. The van der Waals surface area contributed by atoms with E-state index in [9.17, 15) is 4.79 Å². The average Bonchev–Trinajstić information content (AvgIpc) is 2.77. The second-order valence-corrected chi connectivity index (χ2v) is 4.77. The molecule has 0 unspecified atom stereocenters. The molecule has 0 aliphatic carbocycles. The van der Waals surface area contributed by atoms with Gasteiger partial charge in [0.15, 0.2) is 0 Å². The summed E-state index contributed by atoms with van der Waals surface area (Å²) in [5.74, 6) is -1.01. The lowest BCUT2D eigenvalue weighted by Crippen LogP contribution is -1.95. The van der Waals surface area contributed by atoms with Gasteiger partial charge in [-0.05, 0) is 24.3 Å². The van der Waals surface area contributed by atoms with Gasteiger partial charge in [0.05, 0.1) is 10.6 Å². The Morgan fingerprint density at radius 2 is 2.12 bits per heavy atom. The highest BCUT2D eigenvalue weighted by Crippen LogP contribution is 2.33. The third-order valence-corrected chi connectivity index (χ3v) is 3.53. The Balaban J connectivity index is 2.47. The summed E-state index contributed by atoms with van der Waals surface area (Å²) in [5, 5.41) is 17.9. The number of benzene rings is 1. The second-order valence-electron chi connectivity index (χ2n) is 3.28. The van der Waals surface area contributed by atoms with Crippen molar-refractivity contribution >= 4 is 28.9 Å². The van der Waals surface area contributed by atoms with Gasteiger partial charge < -0.3 is 5.11 Å². The van der Waals surface area contributed by atoms with Gasteiger partial charge in [0.2, 0.25) is 0 Å². The minimum atomic E-state index is -1.01. The first-order chi connectivity index (χ1) is 8.11. The smallest absolute Gasteiger partial charge is 0.335 e. The summed E-state index contributed by atoms with van der Waals surface area (Å²) in [6.45, 7) is 0. The van der Waals surface area contributed by atoms with Crippen LogP contribution in [0.1, 0.15) is 15.2 Å². The lowest BCUT2D eigenvalue weighted by atomic mass is 10.1. The van der Waals surface area contributed by atoms with Crippen LogP contribution in [0.3, 0.4) is 0 Å². The quantitative estimate of drug-likeness (QED) is 0.900. The number of aromatic carboxylic acids is 1. The number of thiophene rings is 1. The second kappa shape index (κ2) is 4.58. The molecule has 0 spiro atoms. The van der Waals surface area contributed by atoms with E-state index in [4.69, 9.17) is 22.0 Å². The minimum Gasteiger partial charge on any atom is -0.478 e. The number of hydrogen-bond donors (Lipinski definition) is 1. The maximum atomic E-state index is 10.8. The average molecular weight is 264 g/mol. The van der Waals surface area contributed by atoms with Gasteiger partial charge in [-0.15, -0.1) is 11.3 Å². The molecule has 0 aliphatic rings. The van der Waals surface area contributed by atoms with Crippen molar-refractivity contribution in [1.29, 1.82) is 5.26 Å². The van der Waals surface area contributed by atoms with Crippen molar-refractivity contribution in [2.24, 2.45) is 0 Å². The molecule has 0 atom stereocenters. The largest absolute Gasteiger partial charge is 0.478 e. The molecule has 0 saturated carbocycles. The van der Waals surface area contributed by atoms with Gasteiger partial charge in [-0.2, -0.15) is 5.26 Å². The molecule has 1 heterocycles. The highest BCUT2D eigenvalue weighted by atomic mass is 35.5. The predicted octanol–water partition coefficient (Wildman–Crippen LogP) is 3.64. The molecule has 1 aromatic carbocycles. The molecule has 84 valence electrons. The van der Waals surface area contributed by atoms with Crippen LogP contribution in [0.15, 0.2) is 30.3 Å². The van der Waals surface area contributed by atoms with Gasteiger partial charge >= 0.3 is 5.97 Å². The lowest BCUT2D eigenvalue weighted by molar-refractivity contribution is 0.0697. The van der Waals surface area contributed by atoms with Crippen LogP contribution in [0.4, 0.5) is 0 Å². The number of carboxylic acids is 1. The molecule has 1 N–H and O–H groups in total. The van der Waals surface area contributed by atoms with E-state index < -0.39 is 5.97 Å². The Bertz CT molecular complexity index is 628. The van der Waals surface area contributed by atoms with Crippen LogP contribution >= 0.6 is 22.9 Å². The summed E-state index contributed by atoms with van der Waals surface area (Å²) in [4.78, 5) is 12.2. The number of nitriles is 1. The van der Waals surface area contributed by atoms with Crippen LogP contribution in [-0.4, -0.2) is 11.1 Å². The standard InChI is InChI=1S/C12H6ClNO2S/c13-10-5-7(12(15)16)1-3-9(10)11-4-2-8(6-14)17-11/h1-5H,(H,15,16). The Hall–Kier alpha value is -1.83. The van der Waals surface area contributed by atoms with Crippen LogP contribution in [0.2, 0.25) is 5.02 Å². The van der Waals surface area contributed by atoms with Crippen molar-refractivity contribution in [1.82, 2.24) is 0 Å². The molecule has 2 aromatic rings. The van der Waals surface area contributed by atoms with Crippen LogP contribution < -0.4 is 0 Å². The fourth-order valence-corrected chi connectivity index (χ4v) is 2.57. The van der Waals surface area contributed by atoms with E-state index in [1.165, 1.54) is 23.5 Å². The Morgan fingerprint density at radius 3 is 2.65 bits per heavy atom. The number of carbonyl (C=O) groups is 1. The third-order valence-electron chi connectivity index (χ3n) is 2.20. The van der Waals surface area contributed by atoms with E-state index in [-0.39, 0.29) is 5.56 Å². The molecular formula is C12H6ClNO2S. The normalized spacial score (nSPS) is 9.88. The summed E-state index contributed by atoms with van der Waals surface area (Å²) in [7, 11) is 0.